The van der Waals surface area contributed by atoms with E-state index in [2.05, 4.69) is 42.9 Å². The third kappa shape index (κ3) is 3.34. The Morgan fingerprint density at radius 2 is 1.56 bits per heavy atom. The highest BCUT2D eigenvalue weighted by molar-refractivity contribution is 5.22. The monoisotopic (exact) mass is 217 g/mol. The average Bonchev–Trinajstić information content (AvgIpc) is 2.28. The molecule has 0 spiro atoms. The van der Waals surface area contributed by atoms with Gasteiger partial charge in [0.25, 0.3) is 0 Å². The van der Waals surface area contributed by atoms with Crippen molar-refractivity contribution in [2.24, 2.45) is 0 Å². The van der Waals surface area contributed by atoms with Crippen molar-refractivity contribution in [2.75, 3.05) is 0 Å². The van der Waals surface area contributed by atoms with Crippen LogP contribution in [-0.2, 0) is 5.54 Å². The Morgan fingerprint density at radius 3 is 2.06 bits per heavy atom. The first-order valence-corrected chi connectivity index (χ1v) is 5.38. The number of hydrogen-bond acceptors (Lipinski definition) is 3. The van der Waals surface area contributed by atoms with E-state index in [9.17, 15) is 0 Å². The third-order valence-corrected chi connectivity index (χ3v) is 2.46. The van der Waals surface area contributed by atoms with E-state index >= 15 is 0 Å². The van der Waals surface area contributed by atoms with Gasteiger partial charge in [-0.3, -0.25) is 0 Å². The maximum atomic E-state index is 8.91. The summed E-state index contributed by atoms with van der Waals surface area (Å²) in [4.78, 5) is 0. The summed E-state index contributed by atoms with van der Waals surface area (Å²) in [6.07, 6.45) is 0. The van der Waals surface area contributed by atoms with E-state index in [1.165, 1.54) is 5.56 Å². The molecule has 0 aliphatic heterocycles. The number of benzene rings is 1. The summed E-state index contributed by atoms with van der Waals surface area (Å²) in [7, 11) is 0. The van der Waals surface area contributed by atoms with E-state index in [1.807, 2.05) is 32.0 Å². The molecule has 2 N–H and O–H groups in total. The zero-order valence-corrected chi connectivity index (χ0v) is 10.3. The van der Waals surface area contributed by atoms with Crippen LogP contribution in [-0.4, -0.2) is 5.54 Å². The molecule has 0 aromatic heterocycles. The fourth-order valence-corrected chi connectivity index (χ4v) is 1.27. The van der Waals surface area contributed by atoms with Crippen molar-refractivity contribution in [3.05, 3.63) is 35.9 Å². The topological polar surface area (TPSA) is 47.9 Å². The van der Waals surface area contributed by atoms with Crippen LogP contribution < -0.4 is 10.9 Å². The number of nitriles is 1. The minimum absolute atomic E-state index is 0.213. The molecule has 3 nitrogen and oxygen atoms in total. The van der Waals surface area contributed by atoms with Crippen molar-refractivity contribution < 1.29 is 0 Å². The third-order valence-electron chi connectivity index (χ3n) is 2.46. The first-order chi connectivity index (χ1) is 7.37. The molecule has 16 heavy (non-hydrogen) atoms. The van der Waals surface area contributed by atoms with E-state index in [-0.39, 0.29) is 5.54 Å². The van der Waals surface area contributed by atoms with Gasteiger partial charge < -0.3 is 0 Å². The molecular weight excluding hydrogens is 198 g/mol. The molecule has 0 aliphatic rings. The van der Waals surface area contributed by atoms with Crippen molar-refractivity contribution in [1.29, 1.82) is 5.26 Å². The second-order valence-electron chi connectivity index (χ2n) is 4.98. The normalized spacial score (nSPS) is 12.2. The maximum absolute atomic E-state index is 8.91. The number of hydrogen-bond donors (Lipinski definition) is 2. The molecule has 0 bridgehead atoms. The number of hydrazine groups is 1. The lowest BCUT2D eigenvalue weighted by molar-refractivity contribution is 0.284. The van der Waals surface area contributed by atoms with Crippen LogP contribution in [0.3, 0.4) is 0 Å². The highest BCUT2D eigenvalue weighted by Crippen LogP contribution is 2.18. The minimum atomic E-state index is -0.577. The molecule has 0 amide bonds. The zero-order chi connectivity index (χ0) is 12.2. The van der Waals surface area contributed by atoms with Crippen LogP contribution >= 0.6 is 0 Å². The Bertz CT molecular complexity index is 374. The molecule has 1 aromatic carbocycles. The molecule has 0 atom stereocenters. The lowest BCUT2D eigenvalue weighted by Crippen LogP contribution is -2.54. The lowest BCUT2D eigenvalue weighted by atomic mass is 9.95. The molecular formula is C13H19N3. The highest BCUT2D eigenvalue weighted by atomic mass is 15.4. The molecule has 0 saturated carbocycles. The number of rotatable bonds is 4. The molecule has 0 aliphatic carbocycles. The molecule has 0 saturated heterocycles. The van der Waals surface area contributed by atoms with Crippen molar-refractivity contribution in [2.45, 2.75) is 38.8 Å². The molecule has 0 fully saturated rings. The van der Waals surface area contributed by atoms with Gasteiger partial charge in [-0.25, -0.2) is 10.9 Å². The van der Waals surface area contributed by atoms with Gasteiger partial charge in [-0.1, -0.05) is 30.3 Å². The van der Waals surface area contributed by atoms with Gasteiger partial charge in [0.1, 0.15) is 5.54 Å². The zero-order valence-electron chi connectivity index (χ0n) is 10.3. The predicted octanol–water partition coefficient (Wildman–Crippen LogP) is 2.32. The molecule has 86 valence electrons. The van der Waals surface area contributed by atoms with Gasteiger partial charge in [0.2, 0.25) is 0 Å². The molecule has 0 heterocycles. The maximum Gasteiger partial charge on any atom is 0.113 e. The predicted molar refractivity (Wildman–Crippen MR) is 65.4 cm³/mol. The summed E-state index contributed by atoms with van der Waals surface area (Å²) >= 11 is 0. The molecule has 1 rings (SSSR count). The van der Waals surface area contributed by atoms with Crippen molar-refractivity contribution in [3.8, 4) is 6.07 Å². The Morgan fingerprint density at radius 1 is 1.00 bits per heavy atom. The largest absolute Gasteiger partial charge is 0.246 e. The molecule has 0 radical (unpaired) electrons. The molecule has 0 unspecified atom stereocenters. The molecule has 3 heteroatoms. The van der Waals surface area contributed by atoms with Gasteiger partial charge >= 0.3 is 0 Å². The van der Waals surface area contributed by atoms with Crippen LogP contribution in [0.2, 0.25) is 0 Å². The Balaban J connectivity index is 2.71. The van der Waals surface area contributed by atoms with Crippen LogP contribution in [0.25, 0.3) is 0 Å². The number of nitrogens with zero attached hydrogens (tertiary/aromatic N) is 1. The Kier molecular flexibility index (Phi) is 3.69. The fraction of sp³-hybridized carbons (Fsp3) is 0.462. The summed E-state index contributed by atoms with van der Waals surface area (Å²) < 4.78 is 0. The highest BCUT2D eigenvalue weighted by Gasteiger charge is 2.23. The average molecular weight is 217 g/mol. The van der Waals surface area contributed by atoms with Crippen LogP contribution in [0.15, 0.2) is 30.3 Å². The Hall–Kier alpha value is -1.37. The Labute approximate surface area is 97.4 Å². The van der Waals surface area contributed by atoms with Crippen molar-refractivity contribution in [3.63, 3.8) is 0 Å². The van der Waals surface area contributed by atoms with Gasteiger partial charge in [-0.05, 0) is 33.3 Å². The summed E-state index contributed by atoms with van der Waals surface area (Å²) in [5, 5.41) is 8.91. The van der Waals surface area contributed by atoms with Crippen molar-refractivity contribution >= 4 is 0 Å². The minimum Gasteiger partial charge on any atom is -0.246 e. The van der Waals surface area contributed by atoms with Crippen LogP contribution in [0, 0.1) is 11.3 Å². The summed E-state index contributed by atoms with van der Waals surface area (Å²) in [6.45, 7) is 7.81. The quantitative estimate of drug-likeness (QED) is 0.761. The van der Waals surface area contributed by atoms with Crippen molar-refractivity contribution in [1.82, 2.24) is 10.9 Å². The van der Waals surface area contributed by atoms with Gasteiger partial charge in [0, 0.05) is 0 Å². The summed E-state index contributed by atoms with van der Waals surface area (Å²) in [5.41, 5.74) is 6.62. The van der Waals surface area contributed by atoms with Gasteiger partial charge in [0.15, 0.2) is 0 Å². The van der Waals surface area contributed by atoms with Crippen LogP contribution in [0.1, 0.15) is 33.3 Å². The van der Waals surface area contributed by atoms with Gasteiger partial charge in [-0.2, -0.15) is 5.26 Å². The lowest BCUT2D eigenvalue weighted by Gasteiger charge is -2.31. The standard InChI is InChI=1S/C13H19N3/c1-12(2,10-14)15-16-13(3,4)11-8-6-5-7-9-11/h5-9,15-16H,1-4H3. The fourth-order valence-electron chi connectivity index (χ4n) is 1.27. The second kappa shape index (κ2) is 4.65. The number of nitrogens with one attached hydrogen (secondary N) is 2. The van der Waals surface area contributed by atoms with Crippen LogP contribution in [0.4, 0.5) is 0 Å². The van der Waals surface area contributed by atoms with Gasteiger partial charge in [-0.15, -0.1) is 0 Å². The van der Waals surface area contributed by atoms with E-state index in [0.717, 1.165) is 0 Å². The molecule has 1 aromatic rings. The van der Waals surface area contributed by atoms with Gasteiger partial charge in [0.05, 0.1) is 11.6 Å². The first-order valence-electron chi connectivity index (χ1n) is 5.38. The SMILES string of the molecule is CC(C)(C#N)NNC(C)(C)c1ccccc1. The summed E-state index contributed by atoms with van der Waals surface area (Å²) in [6, 6.07) is 12.3. The van der Waals surface area contributed by atoms with E-state index < -0.39 is 5.54 Å². The van der Waals surface area contributed by atoms with E-state index in [4.69, 9.17) is 5.26 Å². The van der Waals surface area contributed by atoms with E-state index in [1.54, 1.807) is 0 Å². The first kappa shape index (κ1) is 12.7. The second-order valence-corrected chi connectivity index (χ2v) is 4.98. The summed E-state index contributed by atoms with van der Waals surface area (Å²) in [5.74, 6) is 0. The van der Waals surface area contributed by atoms with Crippen LogP contribution in [0.5, 0.6) is 0 Å². The van der Waals surface area contributed by atoms with E-state index in [0.29, 0.717) is 0 Å². The smallest absolute Gasteiger partial charge is 0.113 e.